The van der Waals surface area contributed by atoms with Crippen LogP contribution in [0.3, 0.4) is 0 Å². The van der Waals surface area contributed by atoms with Crippen LogP contribution >= 0.6 is 0 Å². The van der Waals surface area contributed by atoms with Crippen LogP contribution in [0.4, 0.5) is 5.69 Å². The fourth-order valence-corrected chi connectivity index (χ4v) is 3.39. The number of H-pyrrole nitrogens is 2. The number of aromatic amines is 2. The fraction of sp³-hybridized carbons (Fsp3) is 0.143. The molecule has 4 aromatic rings. The van der Waals surface area contributed by atoms with Crippen LogP contribution in [0.15, 0.2) is 53.9 Å². The Morgan fingerprint density at radius 3 is 2.75 bits per heavy atom. The fourth-order valence-electron chi connectivity index (χ4n) is 3.39. The maximum absolute atomic E-state index is 10.8. The Bertz CT molecular complexity index is 1220. The van der Waals surface area contributed by atoms with Gasteiger partial charge in [-0.3, -0.25) is 0 Å². The minimum Gasteiger partial charge on any atom is -0.385 e. The lowest BCUT2D eigenvalue weighted by Gasteiger charge is -2.15. The smallest absolute Gasteiger partial charge is 0.124 e. The molecule has 0 radical (unpaired) electrons. The molecule has 1 atom stereocenters. The van der Waals surface area contributed by atoms with Crippen LogP contribution in [0, 0.1) is 19.3 Å². The lowest BCUT2D eigenvalue weighted by atomic mass is 10.1. The van der Waals surface area contributed by atoms with Crippen molar-refractivity contribution < 1.29 is 5.11 Å². The SMILES string of the molecule is Cc1nc2cc(N/C(N)=C(\C=N)C(O)c3cc4c(C)cccc4[nH]3)ccc2[nH]1. The van der Waals surface area contributed by atoms with Crippen molar-refractivity contribution in [3.8, 4) is 0 Å². The first-order valence-corrected chi connectivity index (χ1v) is 8.96. The summed E-state index contributed by atoms with van der Waals surface area (Å²) in [6.45, 7) is 3.91. The van der Waals surface area contributed by atoms with Crippen molar-refractivity contribution in [2.45, 2.75) is 20.0 Å². The van der Waals surface area contributed by atoms with Gasteiger partial charge in [0.25, 0.3) is 0 Å². The zero-order valence-corrected chi connectivity index (χ0v) is 15.7. The van der Waals surface area contributed by atoms with Gasteiger partial charge in [-0.15, -0.1) is 0 Å². The molecule has 0 saturated heterocycles. The van der Waals surface area contributed by atoms with Gasteiger partial charge in [-0.25, -0.2) is 4.98 Å². The summed E-state index contributed by atoms with van der Waals surface area (Å²) in [7, 11) is 0. The van der Waals surface area contributed by atoms with Gasteiger partial charge in [0, 0.05) is 34.1 Å². The van der Waals surface area contributed by atoms with Crippen LogP contribution in [0.25, 0.3) is 21.9 Å². The lowest BCUT2D eigenvalue weighted by molar-refractivity contribution is 0.217. The molecule has 0 amide bonds. The van der Waals surface area contributed by atoms with Crippen LogP contribution in [0.2, 0.25) is 0 Å². The second kappa shape index (κ2) is 6.86. The van der Waals surface area contributed by atoms with E-state index >= 15 is 0 Å². The number of nitrogens with two attached hydrogens (primary N) is 1. The third kappa shape index (κ3) is 3.12. The van der Waals surface area contributed by atoms with Gasteiger partial charge in [-0.05, 0) is 49.7 Å². The van der Waals surface area contributed by atoms with Gasteiger partial charge in [0.15, 0.2) is 0 Å². The van der Waals surface area contributed by atoms with Gasteiger partial charge in [0.2, 0.25) is 0 Å². The molecule has 0 bridgehead atoms. The van der Waals surface area contributed by atoms with Gasteiger partial charge in [-0.1, -0.05) is 12.1 Å². The predicted molar refractivity (Wildman–Crippen MR) is 112 cm³/mol. The molecule has 0 aliphatic rings. The van der Waals surface area contributed by atoms with E-state index in [-0.39, 0.29) is 11.4 Å². The highest BCUT2D eigenvalue weighted by atomic mass is 16.3. The Morgan fingerprint density at radius 2 is 2.00 bits per heavy atom. The monoisotopic (exact) mass is 374 g/mol. The van der Waals surface area contributed by atoms with E-state index in [1.54, 1.807) is 0 Å². The molecular weight excluding hydrogens is 352 g/mol. The summed E-state index contributed by atoms with van der Waals surface area (Å²) in [5, 5.41) is 22.7. The number of imidazole rings is 1. The molecule has 7 heteroatoms. The molecule has 0 aliphatic carbocycles. The lowest BCUT2D eigenvalue weighted by Crippen LogP contribution is -2.17. The van der Waals surface area contributed by atoms with Crippen LogP contribution in [0.1, 0.15) is 23.2 Å². The highest BCUT2D eigenvalue weighted by Gasteiger charge is 2.18. The number of nitrogens with one attached hydrogen (secondary N) is 4. The van der Waals surface area contributed by atoms with Crippen LogP contribution in [0.5, 0.6) is 0 Å². The predicted octanol–water partition coefficient (Wildman–Crippen LogP) is 3.63. The van der Waals surface area contributed by atoms with Gasteiger partial charge in [0.1, 0.15) is 17.7 Å². The number of hydrogen-bond acceptors (Lipinski definition) is 5. The van der Waals surface area contributed by atoms with Crippen molar-refractivity contribution in [3.63, 3.8) is 0 Å². The summed E-state index contributed by atoms with van der Waals surface area (Å²) in [4.78, 5) is 10.8. The molecule has 2 aromatic carbocycles. The maximum atomic E-state index is 10.8. The molecular formula is C21H22N6O. The average Bonchev–Trinajstić information content (AvgIpc) is 3.25. The minimum atomic E-state index is -1.05. The van der Waals surface area contributed by atoms with E-state index in [0.717, 1.165) is 45.2 Å². The van der Waals surface area contributed by atoms with Gasteiger partial charge in [0.05, 0.1) is 11.0 Å². The van der Waals surface area contributed by atoms with Crippen LogP contribution in [-0.2, 0) is 0 Å². The van der Waals surface area contributed by atoms with Crippen LogP contribution in [-0.4, -0.2) is 26.3 Å². The van der Waals surface area contributed by atoms with Crippen molar-refractivity contribution in [1.29, 1.82) is 5.41 Å². The first-order valence-electron chi connectivity index (χ1n) is 8.96. The average molecular weight is 374 g/mol. The van der Waals surface area contributed by atoms with E-state index in [9.17, 15) is 5.11 Å². The second-order valence-electron chi connectivity index (χ2n) is 6.86. The third-order valence-electron chi connectivity index (χ3n) is 4.84. The maximum Gasteiger partial charge on any atom is 0.124 e. The van der Waals surface area contributed by atoms with Gasteiger partial charge >= 0.3 is 0 Å². The van der Waals surface area contributed by atoms with Crippen molar-refractivity contribution in [3.05, 3.63) is 70.9 Å². The number of rotatable bonds is 5. The molecule has 142 valence electrons. The number of nitrogens with zero attached hydrogens (tertiary/aromatic N) is 1. The highest BCUT2D eigenvalue weighted by molar-refractivity contribution is 5.86. The van der Waals surface area contributed by atoms with E-state index in [4.69, 9.17) is 11.1 Å². The van der Waals surface area contributed by atoms with Crippen molar-refractivity contribution >= 4 is 33.8 Å². The number of benzene rings is 2. The summed E-state index contributed by atoms with van der Waals surface area (Å²) in [6, 6.07) is 13.5. The summed E-state index contributed by atoms with van der Waals surface area (Å²) >= 11 is 0. The second-order valence-corrected chi connectivity index (χ2v) is 6.86. The van der Waals surface area contributed by atoms with E-state index in [0.29, 0.717) is 5.69 Å². The van der Waals surface area contributed by atoms with Crippen molar-refractivity contribution in [2.75, 3.05) is 5.32 Å². The zero-order chi connectivity index (χ0) is 19.8. The number of hydrogen-bond donors (Lipinski definition) is 6. The molecule has 0 saturated carbocycles. The van der Waals surface area contributed by atoms with Gasteiger partial charge < -0.3 is 31.5 Å². The minimum absolute atomic E-state index is 0.212. The Balaban J connectivity index is 1.66. The number of anilines is 1. The first kappa shape index (κ1) is 17.8. The summed E-state index contributed by atoms with van der Waals surface area (Å²) in [5.41, 5.74) is 11.6. The summed E-state index contributed by atoms with van der Waals surface area (Å²) in [6.07, 6.45) is 0.0240. The molecule has 1 unspecified atom stereocenters. The Morgan fingerprint density at radius 1 is 1.18 bits per heavy atom. The molecule has 2 heterocycles. The highest BCUT2D eigenvalue weighted by Crippen LogP contribution is 2.27. The molecule has 2 aromatic heterocycles. The Kier molecular flexibility index (Phi) is 4.37. The van der Waals surface area contributed by atoms with E-state index < -0.39 is 6.10 Å². The van der Waals surface area contributed by atoms with Gasteiger partial charge in [-0.2, -0.15) is 0 Å². The summed E-state index contributed by atoms with van der Waals surface area (Å²) in [5.74, 6) is 1.05. The number of aliphatic hydroxyl groups excluding tert-OH is 1. The van der Waals surface area contributed by atoms with E-state index in [1.165, 1.54) is 0 Å². The Labute approximate surface area is 161 Å². The summed E-state index contributed by atoms with van der Waals surface area (Å²) < 4.78 is 0. The molecule has 7 N–H and O–H groups in total. The molecule has 28 heavy (non-hydrogen) atoms. The van der Waals surface area contributed by atoms with E-state index in [2.05, 4.69) is 20.3 Å². The number of aryl methyl sites for hydroxylation is 2. The molecule has 0 fully saturated rings. The number of fused-ring (bicyclic) bond motifs is 2. The molecule has 0 spiro atoms. The molecule has 4 rings (SSSR count). The molecule has 7 nitrogen and oxygen atoms in total. The van der Waals surface area contributed by atoms with Crippen LogP contribution < -0.4 is 11.1 Å². The number of aliphatic hydroxyl groups is 1. The van der Waals surface area contributed by atoms with Crippen molar-refractivity contribution in [1.82, 2.24) is 15.0 Å². The largest absolute Gasteiger partial charge is 0.385 e. The quantitative estimate of drug-likeness (QED) is 0.298. The molecule has 0 aliphatic heterocycles. The third-order valence-corrected chi connectivity index (χ3v) is 4.84. The number of aromatic nitrogens is 3. The Hall–Kier alpha value is -3.58. The standard InChI is InChI=1S/C21H22N6O/c1-11-4-3-5-16-14(11)9-19(27-16)20(28)15(10-22)21(23)26-13-6-7-17-18(8-13)25-12(2)24-17/h3-10,20,22,26-28H,23H2,1-2H3,(H,24,25)/b21-15+,22-10?. The van der Waals surface area contributed by atoms with E-state index in [1.807, 2.05) is 56.3 Å². The first-order chi connectivity index (χ1) is 13.5. The zero-order valence-electron chi connectivity index (χ0n) is 15.7. The topological polar surface area (TPSA) is 127 Å². The van der Waals surface area contributed by atoms with Crippen molar-refractivity contribution in [2.24, 2.45) is 5.73 Å². The normalized spacial score (nSPS) is 13.5.